The number of amides is 1. The second-order valence-electron chi connectivity index (χ2n) is 8.83. The second kappa shape index (κ2) is 12.7. The van der Waals surface area contributed by atoms with Gasteiger partial charge in [-0.15, -0.1) is 5.10 Å². The van der Waals surface area contributed by atoms with Crippen molar-refractivity contribution in [3.63, 3.8) is 0 Å². The van der Waals surface area contributed by atoms with Crippen molar-refractivity contribution < 1.29 is 28.6 Å². The van der Waals surface area contributed by atoms with Gasteiger partial charge in [0.05, 0.1) is 18.2 Å². The number of hydrogen-bond donors (Lipinski definition) is 4. The number of anilines is 1. The molecule has 0 aliphatic rings. The van der Waals surface area contributed by atoms with Gasteiger partial charge in [0.1, 0.15) is 5.69 Å². The van der Waals surface area contributed by atoms with Crippen LogP contribution >= 0.6 is 0 Å². The number of methoxy groups -OCH3 is 1. The Morgan fingerprint density at radius 3 is 2.43 bits per heavy atom. The van der Waals surface area contributed by atoms with E-state index in [2.05, 4.69) is 25.1 Å². The van der Waals surface area contributed by atoms with E-state index in [1.807, 2.05) is 19.1 Å². The van der Waals surface area contributed by atoms with Crippen LogP contribution < -0.4 is 22.5 Å². The first kappa shape index (κ1) is 31.0. The van der Waals surface area contributed by atoms with Crippen molar-refractivity contribution in [3.8, 4) is 0 Å². The Balaban J connectivity index is 0.000000293. The number of oxazole rings is 1. The molecule has 0 radical (unpaired) electrons. The number of benzene rings is 2. The van der Waals surface area contributed by atoms with Crippen LogP contribution in [0.3, 0.4) is 0 Å². The van der Waals surface area contributed by atoms with Crippen LogP contribution in [0.15, 0.2) is 57.7 Å². The Bertz CT molecular complexity index is 1820. The van der Waals surface area contributed by atoms with Crippen molar-refractivity contribution in [2.45, 2.75) is 26.9 Å². The molecule has 220 valence electrons. The first-order chi connectivity index (χ1) is 19.5. The quantitative estimate of drug-likeness (QED) is 0.212. The van der Waals surface area contributed by atoms with Crippen molar-refractivity contribution >= 4 is 40.7 Å². The minimum absolute atomic E-state index is 0. The Morgan fingerprint density at radius 2 is 1.81 bits per heavy atom. The smallest absolute Gasteiger partial charge is 0.419 e. The fraction of sp³-hybridized carbons (Fsp3) is 0.222. The van der Waals surface area contributed by atoms with Gasteiger partial charge in [-0.05, 0) is 42.3 Å². The standard InChI is InChI=1S/C16H13N7O5.C10H13NO2.CH4/c1-22-9-4-7(2-3-11(9)28-16(22)27)6-18-12(24)8-5-10(13(25)26)23-15(19-8)20-14(17)21-23;1-7(11)8-3-5-9(6-4-8)10(12)13-2;/h2-5H,6H2,1H3,(H2,17,21)(H,18,24)(H,25,26);3-7H,11H2,1-2H3;1H4/t;7-;/m.0./s1. The average Bonchev–Trinajstić information content (AvgIpc) is 3.48. The highest BCUT2D eigenvalue weighted by Crippen LogP contribution is 2.15. The topological polar surface area (TPSA) is 223 Å². The second-order valence-corrected chi connectivity index (χ2v) is 8.83. The Morgan fingerprint density at radius 1 is 1.12 bits per heavy atom. The molecule has 5 rings (SSSR count). The molecule has 3 heterocycles. The number of carboxylic acid groups (broad SMARTS) is 1. The highest BCUT2D eigenvalue weighted by molar-refractivity contribution is 5.96. The number of carbonyl (C=O) groups excluding carboxylic acids is 2. The number of rotatable bonds is 6. The number of hydrogen-bond acceptors (Lipinski definition) is 11. The molecule has 3 aromatic heterocycles. The summed E-state index contributed by atoms with van der Waals surface area (Å²) in [5, 5.41) is 15.7. The average molecular weight is 579 g/mol. The lowest BCUT2D eigenvalue weighted by Gasteiger charge is -2.06. The fourth-order valence-electron chi connectivity index (χ4n) is 3.75. The number of carbonyl (C=O) groups is 3. The predicted molar refractivity (Wildman–Crippen MR) is 152 cm³/mol. The summed E-state index contributed by atoms with van der Waals surface area (Å²) < 4.78 is 11.9. The number of aromatic carboxylic acids is 1. The van der Waals surface area contributed by atoms with E-state index < -0.39 is 17.6 Å². The molecular formula is C27H30N8O7. The third kappa shape index (κ3) is 6.59. The molecule has 6 N–H and O–H groups in total. The zero-order valence-electron chi connectivity index (χ0n) is 22.2. The van der Waals surface area contributed by atoms with E-state index >= 15 is 0 Å². The van der Waals surface area contributed by atoms with E-state index in [1.165, 1.54) is 11.7 Å². The van der Waals surface area contributed by atoms with E-state index in [0.29, 0.717) is 22.2 Å². The van der Waals surface area contributed by atoms with Crippen LogP contribution in [-0.2, 0) is 18.3 Å². The lowest BCUT2D eigenvalue weighted by molar-refractivity contribution is 0.0599. The van der Waals surface area contributed by atoms with Crippen molar-refractivity contribution in [2.75, 3.05) is 12.8 Å². The predicted octanol–water partition coefficient (Wildman–Crippen LogP) is 1.91. The minimum Gasteiger partial charge on any atom is -0.477 e. The van der Waals surface area contributed by atoms with Gasteiger partial charge in [-0.3, -0.25) is 9.36 Å². The van der Waals surface area contributed by atoms with E-state index in [4.69, 9.17) is 15.9 Å². The van der Waals surface area contributed by atoms with Crippen LogP contribution in [0.4, 0.5) is 5.95 Å². The maximum atomic E-state index is 12.4. The summed E-state index contributed by atoms with van der Waals surface area (Å²) in [4.78, 5) is 54.2. The number of carboxylic acids is 1. The van der Waals surface area contributed by atoms with Crippen LogP contribution in [0, 0.1) is 0 Å². The van der Waals surface area contributed by atoms with Gasteiger partial charge >= 0.3 is 17.7 Å². The molecule has 15 nitrogen and oxygen atoms in total. The van der Waals surface area contributed by atoms with Gasteiger partial charge < -0.3 is 31.0 Å². The van der Waals surface area contributed by atoms with Crippen molar-refractivity contribution in [2.24, 2.45) is 12.8 Å². The lowest BCUT2D eigenvalue weighted by Crippen LogP contribution is -2.25. The van der Waals surface area contributed by atoms with E-state index in [-0.39, 0.29) is 49.1 Å². The zero-order valence-corrected chi connectivity index (χ0v) is 22.2. The molecule has 42 heavy (non-hydrogen) atoms. The van der Waals surface area contributed by atoms with Gasteiger partial charge in [0.25, 0.3) is 11.7 Å². The molecule has 0 spiro atoms. The molecule has 0 unspecified atom stereocenters. The van der Waals surface area contributed by atoms with Crippen molar-refractivity contribution in [1.82, 2.24) is 29.5 Å². The highest BCUT2D eigenvalue weighted by atomic mass is 16.5. The summed E-state index contributed by atoms with van der Waals surface area (Å²) in [6.07, 6.45) is 0. The molecule has 0 aliphatic carbocycles. The number of nitrogens with zero attached hydrogens (tertiary/aromatic N) is 5. The number of aryl methyl sites for hydroxylation is 1. The maximum absolute atomic E-state index is 12.4. The van der Waals surface area contributed by atoms with Gasteiger partial charge in [-0.2, -0.15) is 9.50 Å². The molecule has 0 saturated heterocycles. The molecular weight excluding hydrogens is 548 g/mol. The summed E-state index contributed by atoms with van der Waals surface area (Å²) in [5.74, 6) is -2.98. The Hall–Kier alpha value is -5.57. The van der Waals surface area contributed by atoms with Gasteiger partial charge in [-0.25, -0.2) is 19.4 Å². The molecule has 1 atom stereocenters. The van der Waals surface area contributed by atoms with Crippen LogP contribution in [0.1, 0.15) is 62.9 Å². The zero-order chi connectivity index (χ0) is 29.8. The van der Waals surface area contributed by atoms with E-state index in [9.17, 15) is 24.3 Å². The van der Waals surface area contributed by atoms with E-state index in [0.717, 1.165) is 16.1 Å². The molecule has 0 fully saturated rings. The third-order valence-corrected chi connectivity index (χ3v) is 5.95. The van der Waals surface area contributed by atoms with Crippen LogP contribution in [0.25, 0.3) is 16.9 Å². The largest absolute Gasteiger partial charge is 0.477 e. The SMILES string of the molecule is C.COC(=O)c1ccc([C@H](C)N)cc1.Cn1c(=O)oc2ccc(CNC(=O)c3cc(C(=O)O)n4nc(N)nc4n3)cc21. The number of nitrogens with one attached hydrogen (secondary N) is 1. The Labute approximate surface area is 238 Å². The first-order valence-electron chi connectivity index (χ1n) is 12.1. The highest BCUT2D eigenvalue weighted by Gasteiger charge is 2.19. The molecule has 5 aromatic rings. The molecule has 0 aliphatic heterocycles. The van der Waals surface area contributed by atoms with Crippen LogP contribution in [0.2, 0.25) is 0 Å². The number of nitrogens with two attached hydrogens (primary N) is 2. The van der Waals surface area contributed by atoms with Gasteiger partial charge in [0.15, 0.2) is 11.3 Å². The lowest BCUT2D eigenvalue weighted by atomic mass is 10.1. The number of fused-ring (bicyclic) bond motifs is 2. The summed E-state index contributed by atoms with van der Waals surface area (Å²) in [6, 6.07) is 13.2. The van der Waals surface area contributed by atoms with E-state index in [1.54, 1.807) is 37.4 Å². The van der Waals surface area contributed by atoms with Crippen molar-refractivity contribution in [3.05, 3.63) is 87.2 Å². The summed E-state index contributed by atoms with van der Waals surface area (Å²) in [5.41, 5.74) is 14.0. The molecule has 0 bridgehead atoms. The summed E-state index contributed by atoms with van der Waals surface area (Å²) in [7, 11) is 2.94. The molecule has 2 aromatic carbocycles. The van der Waals surface area contributed by atoms with Crippen LogP contribution in [-0.4, -0.2) is 54.2 Å². The maximum Gasteiger partial charge on any atom is 0.419 e. The fourth-order valence-corrected chi connectivity index (χ4v) is 3.75. The summed E-state index contributed by atoms with van der Waals surface area (Å²) in [6.45, 7) is 2.02. The van der Waals surface area contributed by atoms with Gasteiger partial charge in [-0.1, -0.05) is 25.6 Å². The normalized spacial score (nSPS) is 11.2. The van der Waals surface area contributed by atoms with Gasteiger partial charge in [0.2, 0.25) is 5.95 Å². The number of aromatic nitrogens is 5. The molecule has 15 heteroatoms. The monoisotopic (exact) mass is 578 g/mol. The Kier molecular flexibility index (Phi) is 9.39. The number of nitrogen functional groups attached to an aromatic ring is 1. The number of esters is 1. The van der Waals surface area contributed by atoms with Gasteiger partial charge in [0, 0.05) is 25.7 Å². The third-order valence-electron chi connectivity index (χ3n) is 5.95. The van der Waals surface area contributed by atoms with Crippen LogP contribution in [0.5, 0.6) is 0 Å². The van der Waals surface area contributed by atoms with Crippen molar-refractivity contribution in [1.29, 1.82) is 0 Å². The molecule has 1 amide bonds. The first-order valence-corrected chi connectivity index (χ1v) is 12.1. The minimum atomic E-state index is -1.31. The summed E-state index contributed by atoms with van der Waals surface area (Å²) >= 11 is 0. The molecule has 0 saturated carbocycles. The number of ether oxygens (including phenoxy) is 1.